The molecule has 1 aliphatic rings. The number of carbonyl (C=O) groups is 1. The van der Waals surface area contributed by atoms with Crippen molar-refractivity contribution in [1.82, 2.24) is 24.4 Å². The summed E-state index contributed by atoms with van der Waals surface area (Å²) in [5, 5.41) is 24.6. The Bertz CT molecular complexity index is 1060. The molecule has 1 saturated carbocycles. The summed E-state index contributed by atoms with van der Waals surface area (Å²) in [6, 6.07) is 2.82. The van der Waals surface area contributed by atoms with Gasteiger partial charge in [-0.15, -0.1) is 0 Å². The van der Waals surface area contributed by atoms with Crippen molar-refractivity contribution in [1.29, 1.82) is 0 Å². The van der Waals surface area contributed by atoms with Gasteiger partial charge in [-0.3, -0.25) is 19.1 Å². The van der Waals surface area contributed by atoms with E-state index in [2.05, 4.69) is 20.3 Å². The SMILES string of the molecule is Cc1cc(C)nc(NCCC(=O)N(C)[C@H]2CC[C@@](O)(Cn3ccc(=O)[nH]c3=O)[C@H](O)C2)n1. The van der Waals surface area contributed by atoms with E-state index in [-0.39, 0.29) is 37.8 Å². The maximum Gasteiger partial charge on any atom is 0.328 e. The summed E-state index contributed by atoms with van der Waals surface area (Å²) < 4.78 is 1.17. The van der Waals surface area contributed by atoms with E-state index in [9.17, 15) is 24.6 Å². The molecule has 1 fully saturated rings. The maximum atomic E-state index is 12.6. The van der Waals surface area contributed by atoms with E-state index < -0.39 is 23.0 Å². The summed E-state index contributed by atoms with van der Waals surface area (Å²) in [6.07, 6.45) is 1.26. The van der Waals surface area contributed by atoms with E-state index in [1.54, 1.807) is 11.9 Å². The third kappa shape index (κ3) is 5.60. The standard InChI is InChI=1S/C21H30N6O5/c1-13-10-14(2)24-19(23-13)22-8-5-18(30)26(3)15-4-7-21(32,16(28)11-15)12-27-9-6-17(29)25-20(27)31/h6,9-10,15-16,28,32H,4-5,7-8,11-12H2,1-3H3,(H,22,23,24)(H,25,29,31)/t15-,16+,21+/m0/s1. The van der Waals surface area contributed by atoms with Crippen LogP contribution < -0.4 is 16.6 Å². The fourth-order valence-corrected chi connectivity index (χ4v) is 4.04. The third-order valence-corrected chi connectivity index (χ3v) is 5.91. The minimum atomic E-state index is -1.52. The van der Waals surface area contributed by atoms with Gasteiger partial charge in [0.05, 0.1) is 12.6 Å². The molecule has 1 aliphatic carbocycles. The first-order valence-electron chi connectivity index (χ1n) is 10.6. The lowest BCUT2D eigenvalue weighted by molar-refractivity contribution is -0.143. The predicted octanol–water partition coefficient (Wildman–Crippen LogP) is -0.451. The molecule has 174 valence electrons. The number of H-pyrrole nitrogens is 1. The Kier molecular flexibility index (Phi) is 7.09. The number of aromatic amines is 1. The van der Waals surface area contributed by atoms with Crippen LogP contribution in [0.5, 0.6) is 0 Å². The normalized spacial score (nSPS) is 23.0. The Hall–Kier alpha value is -3.05. The highest BCUT2D eigenvalue weighted by molar-refractivity contribution is 5.76. The number of aliphatic hydroxyl groups is 2. The van der Waals surface area contributed by atoms with Crippen LogP contribution in [0.4, 0.5) is 5.95 Å². The number of amides is 1. The smallest absolute Gasteiger partial charge is 0.328 e. The highest BCUT2D eigenvalue weighted by Gasteiger charge is 2.43. The zero-order chi connectivity index (χ0) is 23.5. The van der Waals surface area contributed by atoms with Gasteiger partial charge in [0.2, 0.25) is 11.9 Å². The van der Waals surface area contributed by atoms with Gasteiger partial charge in [-0.05, 0) is 39.2 Å². The number of hydrogen-bond donors (Lipinski definition) is 4. The van der Waals surface area contributed by atoms with Crippen molar-refractivity contribution in [3.8, 4) is 0 Å². The molecular formula is C21H30N6O5. The minimum absolute atomic E-state index is 0.0960. The Morgan fingerprint density at radius 1 is 1.34 bits per heavy atom. The first-order valence-corrected chi connectivity index (χ1v) is 10.6. The molecule has 11 nitrogen and oxygen atoms in total. The van der Waals surface area contributed by atoms with Crippen LogP contribution in [0.1, 0.15) is 37.1 Å². The van der Waals surface area contributed by atoms with Gasteiger partial charge in [0.15, 0.2) is 0 Å². The van der Waals surface area contributed by atoms with E-state index in [0.717, 1.165) is 11.4 Å². The Morgan fingerprint density at radius 2 is 2.03 bits per heavy atom. The lowest BCUT2D eigenvalue weighted by Gasteiger charge is -2.43. The van der Waals surface area contributed by atoms with Crippen LogP contribution in [0.3, 0.4) is 0 Å². The second kappa shape index (κ2) is 9.61. The Balaban J connectivity index is 1.53. The summed E-state index contributed by atoms with van der Waals surface area (Å²) in [5.41, 5.74) is -1.01. The maximum absolute atomic E-state index is 12.6. The van der Waals surface area contributed by atoms with Crippen molar-refractivity contribution in [3.63, 3.8) is 0 Å². The summed E-state index contributed by atoms with van der Waals surface area (Å²) >= 11 is 0. The van der Waals surface area contributed by atoms with Gasteiger partial charge in [-0.25, -0.2) is 14.8 Å². The third-order valence-electron chi connectivity index (χ3n) is 5.91. The van der Waals surface area contributed by atoms with Crippen LogP contribution in [0.15, 0.2) is 27.9 Å². The highest BCUT2D eigenvalue weighted by atomic mass is 16.3. The number of nitrogens with one attached hydrogen (secondary N) is 2. The number of nitrogens with zero attached hydrogens (tertiary/aromatic N) is 4. The van der Waals surface area contributed by atoms with Gasteiger partial charge < -0.3 is 20.4 Å². The van der Waals surface area contributed by atoms with Gasteiger partial charge in [-0.2, -0.15) is 0 Å². The summed E-state index contributed by atoms with van der Waals surface area (Å²) in [5.74, 6) is 0.384. The van der Waals surface area contributed by atoms with Crippen LogP contribution in [-0.4, -0.2) is 71.9 Å². The molecule has 3 atom stereocenters. The van der Waals surface area contributed by atoms with Gasteiger partial charge in [0.25, 0.3) is 5.56 Å². The zero-order valence-corrected chi connectivity index (χ0v) is 18.5. The molecule has 0 aliphatic heterocycles. The molecule has 0 aromatic carbocycles. The lowest BCUT2D eigenvalue weighted by Crippen LogP contribution is -2.55. The molecule has 0 radical (unpaired) electrons. The molecule has 32 heavy (non-hydrogen) atoms. The van der Waals surface area contributed by atoms with Crippen molar-refractivity contribution in [2.45, 2.75) is 63.8 Å². The first kappa shape index (κ1) is 23.6. The average molecular weight is 447 g/mol. The highest BCUT2D eigenvalue weighted by Crippen LogP contribution is 2.32. The Labute approximate surface area is 185 Å². The molecule has 0 spiro atoms. The number of aromatic nitrogens is 4. The number of aryl methyl sites for hydroxylation is 2. The van der Waals surface area contributed by atoms with E-state index in [1.165, 1.54) is 16.8 Å². The zero-order valence-electron chi connectivity index (χ0n) is 18.5. The molecule has 0 saturated heterocycles. The molecule has 1 amide bonds. The molecule has 2 heterocycles. The largest absolute Gasteiger partial charge is 0.390 e. The predicted molar refractivity (Wildman–Crippen MR) is 117 cm³/mol. The number of rotatable bonds is 7. The number of hydrogen-bond acceptors (Lipinski definition) is 8. The molecule has 4 N–H and O–H groups in total. The van der Waals surface area contributed by atoms with E-state index >= 15 is 0 Å². The van der Waals surface area contributed by atoms with Gasteiger partial charge in [0.1, 0.15) is 5.60 Å². The molecular weight excluding hydrogens is 416 g/mol. The summed E-state index contributed by atoms with van der Waals surface area (Å²) in [6.45, 7) is 3.98. The van der Waals surface area contributed by atoms with Crippen LogP contribution >= 0.6 is 0 Å². The molecule has 0 unspecified atom stereocenters. The monoisotopic (exact) mass is 446 g/mol. The average Bonchev–Trinajstić information content (AvgIpc) is 2.71. The van der Waals surface area contributed by atoms with Crippen molar-refractivity contribution in [3.05, 3.63) is 50.6 Å². The number of carbonyl (C=O) groups excluding carboxylic acids is 1. The summed E-state index contributed by atoms with van der Waals surface area (Å²) in [7, 11) is 1.68. The fraction of sp³-hybridized carbons (Fsp3) is 0.571. The molecule has 2 aromatic heterocycles. The van der Waals surface area contributed by atoms with Gasteiger partial charge in [0, 0.05) is 49.7 Å². The van der Waals surface area contributed by atoms with Crippen LogP contribution in [-0.2, 0) is 11.3 Å². The van der Waals surface area contributed by atoms with Crippen molar-refractivity contribution in [2.75, 3.05) is 18.9 Å². The molecule has 0 bridgehead atoms. The minimum Gasteiger partial charge on any atom is -0.390 e. The first-order chi connectivity index (χ1) is 15.1. The van der Waals surface area contributed by atoms with Crippen LogP contribution in [0.2, 0.25) is 0 Å². The summed E-state index contributed by atoms with van der Waals surface area (Å²) in [4.78, 5) is 48.0. The Morgan fingerprint density at radius 3 is 2.66 bits per heavy atom. The van der Waals surface area contributed by atoms with Gasteiger partial charge in [-0.1, -0.05) is 0 Å². The quantitative estimate of drug-likeness (QED) is 0.446. The van der Waals surface area contributed by atoms with Crippen molar-refractivity contribution < 1.29 is 15.0 Å². The van der Waals surface area contributed by atoms with Crippen LogP contribution in [0, 0.1) is 13.8 Å². The lowest BCUT2D eigenvalue weighted by atomic mass is 9.79. The topological polar surface area (TPSA) is 153 Å². The van der Waals surface area contributed by atoms with E-state index in [1.807, 2.05) is 19.9 Å². The van der Waals surface area contributed by atoms with E-state index in [4.69, 9.17) is 0 Å². The second-order valence-corrected chi connectivity index (χ2v) is 8.44. The molecule has 2 aromatic rings. The molecule has 3 rings (SSSR count). The number of aliphatic hydroxyl groups excluding tert-OH is 1. The van der Waals surface area contributed by atoms with E-state index in [0.29, 0.717) is 18.9 Å². The van der Waals surface area contributed by atoms with Crippen LogP contribution in [0.25, 0.3) is 0 Å². The second-order valence-electron chi connectivity index (χ2n) is 8.44. The van der Waals surface area contributed by atoms with Crippen molar-refractivity contribution in [2.24, 2.45) is 0 Å². The molecule has 11 heteroatoms. The number of anilines is 1. The van der Waals surface area contributed by atoms with Crippen molar-refractivity contribution >= 4 is 11.9 Å². The fourth-order valence-electron chi connectivity index (χ4n) is 4.04. The van der Waals surface area contributed by atoms with Gasteiger partial charge >= 0.3 is 5.69 Å².